The molecule has 7 nitrogen and oxygen atoms in total. The smallest absolute Gasteiger partial charge is 0.273 e. The Morgan fingerprint density at radius 1 is 1.30 bits per heavy atom. The molecule has 0 saturated heterocycles. The lowest BCUT2D eigenvalue weighted by Gasteiger charge is -2.06. The maximum atomic E-state index is 10.7. The van der Waals surface area contributed by atoms with Crippen molar-refractivity contribution in [3.05, 3.63) is 58.0 Å². The molecule has 2 aromatic heterocycles. The number of hydrogen-bond acceptors (Lipinski definition) is 5. The van der Waals surface area contributed by atoms with Crippen LogP contribution in [-0.2, 0) is 0 Å². The van der Waals surface area contributed by atoms with Crippen LogP contribution < -0.4 is 4.74 Å². The van der Waals surface area contributed by atoms with Crippen molar-refractivity contribution in [1.82, 2.24) is 14.6 Å². The maximum absolute atomic E-state index is 10.7. The summed E-state index contributed by atoms with van der Waals surface area (Å²) < 4.78 is 7.08. The van der Waals surface area contributed by atoms with Gasteiger partial charge in [-0.15, -0.1) is 5.10 Å². The predicted molar refractivity (Wildman–Crippen MR) is 71.2 cm³/mol. The first-order chi connectivity index (χ1) is 9.63. The van der Waals surface area contributed by atoms with Gasteiger partial charge in [-0.1, -0.05) is 6.07 Å². The minimum absolute atomic E-state index is 0.0223. The second kappa shape index (κ2) is 4.78. The molecule has 2 heterocycles. The molecule has 0 spiro atoms. The van der Waals surface area contributed by atoms with E-state index in [4.69, 9.17) is 16.3 Å². The van der Waals surface area contributed by atoms with Crippen molar-refractivity contribution in [2.75, 3.05) is 0 Å². The number of non-ortho nitro benzene ring substituents is 1. The summed E-state index contributed by atoms with van der Waals surface area (Å²) in [6.07, 6.45) is 1.70. The van der Waals surface area contributed by atoms with E-state index in [0.29, 0.717) is 11.3 Å². The van der Waals surface area contributed by atoms with Gasteiger partial charge in [0.15, 0.2) is 0 Å². The van der Waals surface area contributed by atoms with Crippen LogP contribution in [0.1, 0.15) is 0 Å². The fourth-order valence-corrected chi connectivity index (χ4v) is 1.89. The van der Waals surface area contributed by atoms with E-state index in [2.05, 4.69) is 10.1 Å². The number of nitro groups is 1. The van der Waals surface area contributed by atoms with Gasteiger partial charge in [0.25, 0.3) is 5.69 Å². The van der Waals surface area contributed by atoms with Crippen molar-refractivity contribution < 1.29 is 9.66 Å². The van der Waals surface area contributed by atoms with Crippen LogP contribution in [0.5, 0.6) is 11.6 Å². The van der Waals surface area contributed by atoms with Gasteiger partial charge < -0.3 is 4.74 Å². The standard InChI is InChI=1S/C12H7ClN4O3/c13-12-14-11(10-5-2-6-16(10)15-12)20-9-4-1-3-8(7-9)17(18)19/h1-7H. The molecule has 0 N–H and O–H groups in total. The third-order valence-electron chi connectivity index (χ3n) is 2.57. The first-order valence-electron chi connectivity index (χ1n) is 5.57. The van der Waals surface area contributed by atoms with E-state index >= 15 is 0 Å². The minimum atomic E-state index is -0.493. The van der Waals surface area contributed by atoms with Gasteiger partial charge in [-0.05, 0) is 29.8 Å². The van der Waals surface area contributed by atoms with Crippen molar-refractivity contribution in [3.63, 3.8) is 0 Å². The van der Waals surface area contributed by atoms with Gasteiger partial charge in [0.05, 0.1) is 11.0 Å². The molecule has 0 bridgehead atoms. The largest absolute Gasteiger partial charge is 0.437 e. The number of nitrogens with zero attached hydrogens (tertiary/aromatic N) is 4. The number of halogens is 1. The van der Waals surface area contributed by atoms with Crippen molar-refractivity contribution in [3.8, 4) is 11.6 Å². The van der Waals surface area contributed by atoms with Gasteiger partial charge >= 0.3 is 0 Å². The molecule has 3 rings (SSSR count). The van der Waals surface area contributed by atoms with E-state index in [9.17, 15) is 10.1 Å². The van der Waals surface area contributed by atoms with E-state index in [1.54, 1.807) is 24.4 Å². The lowest BCUT2D eigenvalue weighted by Crippen LogP contribution is -1.98. The fourth-order valence-electron chi connectivity index (χ4n) is 1.73. The van der Waals surface area contributed by atoms with Gasteiger partial charge in [-0.2, -0.15) is 4.98 Å². The zero-order valence-electron chi connectivity index (χ0n) is 9.93. The molecule has 20 heavy (non-hydrogen) atoms. The highest BCUT2D eigenvalue weighted by Gasteiger charge is 2.11. The normalized spacial score (nSPS) is 10.7. The average molecular weight is 291 g/mol. The summed E-state index contributed by atoms with van der Waals surface area (Å²) in [5.41, 5.74) is 0.551. The molecule has 3 aromatic rings. The van der Waals surface area contributed by atoms with Gasteiger partial charge in [0.2, 0.25) is 11.2 Å². The molecule has 0 aliphatic rings. The second-order valence-corrected chi connectivity index (χ2v) is 4.22. The van der Waals surface area contributed by atoms with Gasteiger partial charge in [-0.25, -0.2) is 4.52 Å². The highest BCUT2D eigenvalue weighted by molar-refractivity contribution is 6.28. The molecule has 8 heteroatoms. The third kappa shape index (κ3) is 2.26. The average Bonchev–Trinajstić information content (AvgIpc) is 2.87. The van der Waals surface area contributed by atoms with Crippen LogP contribution in [0.4, 0.5) is 5.69 Å². The summed E-state index contributed by atoms with van der Waals surface area (Å²) in [7, 11) is 0. The Labute approximate surface area is 117 Å². The van der Waals surface area contributed by atoms with Crippen molar-refractivity contribution in [2.45, 2.75) is 0 Å². The zero-order chi connectivity index (χ0) is 14.1. The van der Waals surface area contributed by atoms with Crippen LogP contribution >= 0.6 is 11.6 Å². The molecular formula is C12H7ClN4O3. The zero-order valence-corrected chi connectivity index (χ0v) is 10.7. The lowest BCUT2D eigenvalue weighted by molar-refractivity contribution is -0.384. The number of hydrogen-bond donors (Lipinski definition) is 0. The van der Waals surface area contributed by atoms with Crippen LogP contribution in [0.2, 0.25) is 5.28 Å². The van der Waals surface area contributed by atoms with E-state index in [-0.39, 0.29) is 16.9 Å². The molecule has 0 fully saturated rings. The summed E-state index contributed by atoms with van der Waals surface area (Å²) in [6, 6.07) is 9.35. The molecule has 0 unspecified atom stereocenters. The Bertz CT molecular complexity index is 802. The van der Waals surface area contributed by atoms with E-state index in [1.165, 1.54) is 22.7 Å². The number of nitro benzene ring substituents is 1. The molecular weight excluding hydrogens is 284 g/mol. The molecule has 0 atom stereocenters. The fraction of sp³-hybridized carbons (Fsp3) is 0. The van der Waals surface area contributed by atoms with E-state index < -0.39 is 4.92 Å². The van der Waals surface area contributed by atoms with Gasteiger partial charge in [-0.3, -0.25) is 10.1 Å². The third-order valence-corrected chi connectivity index (χ3v) is 2.73. The molecule has 0 aliphatic carbocycles. The van der Waals surface area contributed by atoms with E-state index in [0.717, 1.165) is 0 Å². The SMILES string of the molecule is O=[N+]([O-])c1cccc(Oc2nc(Cl)nn3cccc23)c1. The Morgan fingerprint density at radius 2 is 2.15 bits per heavy atom. The lowest BCUT2D eigenvalue weighted by atomic mass is 10.3. The number of fused-ring (bicyclic) bond motifs is 1. The van der Waals surface area contributed by atoms with Crippen LogP contribution in [0, 0.1) is 10.1 Å². The Kier molecular flexibility index (Phi) is 2.96. The summed E-state index contributed by atoms with van der Waals surface area (Å²) in [4.78, 5) is 14.2. The molecule has 0 radical (unpaired) electrons. The van der Waals surface area contributed by atoms with Crippen LogP contribution in [0.25, 0.3) is 5.52 Å². The summed E-state index contributed by atoms with van der Waals surface area (Å²) in [5, 5.41) is 14.7. The topological polar surface area (TPSA) is 82.6 Å². The van der Waals surface area contributed by atoms with Crippen molar-refractivity contribution >= 4 is 22.8 Å². The predicted octanol–water partition coefficient (Wildman–Crippen LogP) is 3.08. The number of ether oxygens (including phenoxy) is 1. The quantitative estimate of drug-likeness (QED) is 0.547. The first kappa shape index (κ1) is 12.4. The van der Waals surface area contributed by atoms with E-state index in [1.807, 2.05) is 0 Å². The van der Waals surface area contributed by atoms with Gasteiger partial charge in [0, 0.05) is 12.3 Å². The second-order valence-electron chi connectivity index (χ2n) is 3.88. The Hall–Kier alpha value is -2.67. The van der Waals surface area contributed by atoms with Crippen LogP contribution in [0.15, 0.2) is 42.6 Å². The summed E-state index contributed by atoms with van der Waals surface area (Å²) >= 11 is 5.80. The number of aromatic nitrogens is 3. The van der Waals surface area contributed by atoms with Crippen LogP contribution in [-0.4, -0.2) is 19.5 Å². The minimum Gasteiger partial charge on any atom is -0.437 e. The highest BCUT2D eigenvalue weighted by atomic mass is 35.5. The number of rotatable bonds is 3. The highest BCUT2D eigenvalue weighted by Crippen LogP contribution is 2.27. The summed E-state index contributed by atoms with van der Waals surface area (Å²) in [6.45, 7) is 0. The maximum Gasteiger partial charge on any atom is 0.273 e. The van der Waals surface area contributed by atoms with Gasteiger partial charge in [0.1, 0.15) is 11.3 Å². The Morgan fingerprint density at radius 3 is 2.95 bits per heavy atom. The monoisotopic (exact) mass is 290 g/mol. The van der Waals surface area contributed by atoms with Crippen molar-refractivity contribution in [2.24, 2.45) is 0 Å². The van der Waals surface area contributed by atoms with Crippen LogP contribution in [0.3, 0.4) is 0 Å². The first-order valence-corrected chi connectivity index (χ1v) is 5.94. The number of benzene rings is 1. The Balaban J connectivity index is 2.02. The molecule has 0 aliphatic heterocycles. The molecule has 0 amide bonds. The van der Waals surface area contributed by atoms with Crippen molar-refractivity contribution in [1.29, 1.82) is 0 Å². The molecule has 0 saturated carbocycles. The molecule has 100 valence electrons. The molecule has 1 aromatic carbocycles. The summed E-state index contributed by atoms with van der Waals surface area (Å²) in [5.74, 6) is 0.535.